The van der Waals surface area contributed by atoms with Gasteiger partial charge in [0.05, 0.1) is 10.8 Å². The Labute approximate surface area is 130 Å². The topological polar surface area (TPSA) is 49.4 Å². The fraction of sp³-hybridized carbons (Fsp3) is 0.571. The number of nitrogens with one attached hydrogen (secondary N) is 1. The van der Waals surface area contributed by atoms with Crippen molar-refractivity contribution in [3.05, 3.63) is 34.6 Å². The van der Waals surface area contributed by atoms with E-state index in [9.17, 15) is 12.8 Å². The van der Waals surface area contributed by atoms with Crippen LogP contribution in [0.25, 0.3) is 0 Å². The van der Waals surface area contributed by atoms with E-state index in [4.69, 9.17) is 11.6 Å². The highest BCUT2D eigenvalue weighted by Gasteiger charge is 2.26. The van der Waals surface area contributed by atoms with E-state index in [0.717, 1.165) is 18.4 Å². The van der Waals surface area contributed by atoms with E-state index >= 15 is 0 Å². The normalized spacial score (nSPS) is 18.0. The molecule has 0 aliphatic carbocycles. The van der Waals surface area contributed by atoms with Crippen LogP contribution in [0.3, 0.4) is 0 Å². The molecule has 4 nitrogen and oxygen atoms in total. The van der Waals surface area contributed by atoms with Crippen LogP contribution >= 0.6 is 11.6 Å². The molecule has 1 aliphatic rings. The Morgan fingerprint density at radius 1 is 1.38 bits per heavy atom. The van der Waals surface area contributed by atoms with Gasteiger partial charge in [-0.05, 0) is 37.5 Å². The van der Waals surface area contributed by atoms with E-state index in [-0.39, 0.29) is 16.8 Å². The molecule has 21 heavy (non-hydrogen) atoms. The predicted molar refractivity (Wildman–Crippen MR) is 82.3 cm³/mol. The molecule has 1 heterocycles. The summed E-state index contributed by atoms with van der Waals surface area (Å²) < 4.78 is 38.2. The minimum atomic E-state index is -3.08. The van der Waals surface area contributed by atoms with Crippen molar-refractivity contribution in [3.8, 4) is 0 Å². The first-order valence-electron chi connectivity index (χ1n) is 7.07. The first-order chi connectivity index (χ1) is 9.92. The van der Waals surface area contributed by atoms with Crippen LogP contribution in [0, 0.1) is 5.82 Å². The highest BCUT2D eigenvalue weighted by molar-refractivity contribution is 7.89. The average Bonchev–Trinajstić information content (AvgIpc) is 2.49. The first kappa shape index (κ1) is 16.7. The number of nitrogens with zero attached hydrogens (tertiary/aromatic N) is 1. The summed E-state index contributed by atoms with van der Waals surface area (Å²) >= 11 is 5.74. The molecule has 1 aromatic carbocycles. The van der Waals surface area contributed by atoms with Gasteiger partial charge in [-0.1, -0.05) is 17.7 Å². The Morgan fingerprint density at radius 3 is 2.62 bits per heavy atom. The smallest absolute Gasteiger partial charge is 0.213 e. The summed E-state index contributed by atoms with van der Waals surface area (Å²) in [4.78, 5) is 0. The molecule has 0 spiro atoms. The molecule has 1 aromatic rings. The van der Waals surface area contributed by atoms with Gasteiger partial charge in [-0.3, -0.25) is 0 Å². The van der Waals surface area contributed by atoms with Crippen molar-refractivity contribution in [3.63, 3.8) is 0 Å². The monoisotopic (exact) mass is 334 g/mol. The number of benzene rings is 1. The minimum absolute atomic E-state index is 0.123. The number of halogens is 2. The molecule has 0 bridgehead atoms. The summed E-state index contributed by atoms with van der Waals surface area (Å²) in [6.45, 7) is 3.37. The zero-order chi connectivity index (χ0) is 15.5. The summed E-state index contributed by atoms with van der Waals surface area (Å²) in [5.41, 5.74) is 0.921. The van der Waals surface area contributed by atoms with E-state index < -0.39 is 15.8 Å². The van der Waals surface area contributed by atoms with Gasteiger partial charge in [0, 0.05) is 25.7 Å². The predicted octanol–water partition coefficient (Wildman–Crippen LogP) is 2.38. The molecule has 7 heteroatoms. The molecule has 1 saturated heterocycles. The third-order valence-corrected chi connectivity index (χ3v) is 5.96. The Bertz CT molecular complexity index is 587. The zero-order valence-corrected chi connectivity index (χ0v) is 13.6. The zero-order valence-electron chi connectivity index (χ0n) is 12.0. The van der Waals surface area contributed by atoms with Gasteiger partial charge < -0.3 is 5.32 Å². The van der Waals surface area contributed by atoms with Crippen molar-refractivity contribution >= 4 is 21.6 Å². The van der Waals surface area contributed by atoms with Gasteiger partial charge in [0.2, 0.25) is 10.0 Å². The molecule has 0 amide bonds. The lowest BCUT2D eigenvalue weighted by molar-refractivity contribution is 0.289. The molecule has 0 unspecified atom stereocenters. The molecule has 1 aliphatic heterocycles. The summed E-state index contributed by atoms with van der Waals surface area (Å²) in [6, 6.07) is 4.94. The second-order valence-corrected chi connectivity index (χ2v) is 7.87. The van der Waals surface area contributed by atoms with Crippen LogP contribution in [-0.2, 0) is 16.6 Å². The second kappa shape index (κ2) is 7.05. The number of rotatable bonds is 5. The van der Waals surface area contributed by atoms with Gasteiger partial charge in [-0.2, -0.15) is 0 Å². The molecule has 0 aromatic heterocycles. The quantitative estimate of drug-likeness (QED) is 0.899. The molecular weight excluding hydrogens is 315 g/mol. The number of hydrogen-bond donors (Lipinski definition) is 1. The van der Waals surface area contributed by atoms with Crippen LogP contribution in [0.1, 0.15) is 25.3 Å². The molecule has 2 rings (SSSR count). The standard InChI is InChI=1S/C14H20ClFN2O2S/c1-2-21(19,20)18-7-5-12(6-8-18)17-10-11-3-4-14(16)13(15)9-11/h3-4,9,12,17H,2,5-8,10H2,1H3. The fourth-order valence-corrected chi connectivity index (χ4v) is 3.77. The van der Waals surface area contributed by atoms with Crippen molar-refractivity contribution < 1.29 is 12.8 Å². The van der Waals surface area contributed by atoms with E-state index in [1.54, 1.807) is 23.4 Å². The van der Waals surface area contributed by atoms with Crippen molar-refractivity contribution in [2.24, 2.45) is 0 Å². The van der Waals surface area contributed by atoms with Gasteiger partial charge in [-0.15, -0.1) is 0 Å². The van der Waals surface area contributed by atoms with Crippen LogP contribution in [0.15, 0.2) is 18.2 Å². The number of sulfonamides is 1. The van der Waals surface area contributed by atoms with Crippen molar-refractivity contribution in [1.82, 2.24) is 9.62 Å². The lowest BCUT2D eigenvalue weighted by atomic mass is 10.1. The molecule has 0 saturated carbocycles. The van der Waals surface area contributed by atoms with E-state index in [2.05, 4.69) is 5.32 Å². The molecule has 118 valence electrons. The second-order valence-electron chi connectivity index (χ2n) is 5.20. The van der Waals surface area contributed by atoms with Gasteiger partial charge in [0.1, 0.15) is 5.82 Å². The van der Waals surface area contributed by atoms with E-state index in [0.29, 0.717) is 19.6 Å². The largest absolute Gasteiger partial charge is 0.310 e. The van der Waals surface area contributed by atoms with Gasteiger partial charge in [-0.25, -0.2) is 17.1 Å². The minimum Gasteiger partial charge on any atom is -0.310 e. The van der Waals surface area contributed by atoms with Crippen molar-refractivity contribution in [2.45, 2.75) is 32.4 Å². The molecule has 0 atom stereocenters. The first-order valence-corrected chi connectivity index (χ1v) is 9.06. The molecule has 1 fully saturated rings. The van der Waals surface area contributed by atoms with Crippen molar-refractivity contribution in [1.29, 1.82) is 0 Å². The molecule has 1 N–H and O–H groups in total. The number of hydrogen-bond acceptors (Lipinski definition) is 3. The van der Waals surface area contributed by atoms with Crippen LogP contribution in [0.2, 0.25) is 5.02 Å². The Morgan fingerprint density at radius 2 is 2.05 bits per heavy atom. The fourth-order valence-electron chi connectivity index (χ4n) is 2.43. The lowest BCUT2D eigenvalue weighted by Crippen LogP contribution is -2.45. The summed E-state index contributed by atoms with van der Waals surface area (Å²) in [5, 5.41) is 3.50. The maximum atomic E-state index is 13.1. The third kappa shape index (κ3) is 4.39. The van der Waals surface area contributed by atoms with Gasteiger partial charge in [0.25, 0.3) is 0 Å². The Kier molecular flexibility index (Phi) is 5.60. The Hall–Kier alpha value is -0.690. The van der Waals surface area contributed by atoms with Gasteiger partial charge in [0.15, 0.2) is 0 Å². The summed E-state index contributed by atoms with van der Waals surface area (Å²) in [6.07, 6.45) is 1.57. The maximum absolute atomic E-state index is 13.1. The summed E-state index contributed by atoms with van der Waals surface area (Å²) in [5.74, 6) is -0.266. The number of piperidine rings is 1. The average molecular weight is 335 g/mol. The van der Waals surface area contributed by atoms with Crippen LogP contribution in [0.4, 0.5) is 4.39 Å². The summed E-state index contributed by atoms with van der Waals surface area (Å²) in [7, 11) is -3.08. The van der Waals surface area contributed by atoms with Crippen LogP contribution in [-0.4, -0.2) is 37.6 Å². The van der Waals surface area contributed by atoms with Crippen LogP contribution < -0.4 is 5.32 Å². The van der Waals surface area contributed by atoms with E-state index in [1.165, 1.54) is 6.07 Å². The molecule has 0 radical (unpaired) electrons. The highest BCUT2D eigenvalue weighted by atomic mass is 35.5. The Balaban J connectivity index is 1.82. The lowest BCUT2D eigenvalue weighted by Gasteiger charge is -2.31. The van der Waals surface area contributed by atoms with Gasteiger partial charge >= 0.3 is 0 Å². The SMILES string of the molecule is CCS(=O)(=O)N1CCC(NCc2ccc(F)c(Cl)c2)CC1. The van der Waals surface area contributed by atoms with Crippen molar-refractivity contribution in [2.75, 3.05) is 18.8 Å². The van der Waals surface area contributed by atoms with E-state index in [1.807, 2.05) is 0 Å². The highest BCUT2D eigenvalue weighted by Crippen LogP contribution is 2.18. The third-order valence-electron chi connectivity index (χ3n) is 3.79. The van der Waals surface area contributed by atoms with Crippen LogP contribution in [0.5, 0.6) is 0 Å². The maximum Gasteiger partial charge on any atom is 0.213 e. The molecular formula is C14H20ClFN2O2S.